The Bertz CT molecular complexity index is 317. The lowest BCUT2D eigenvalue weighted by Crippen LogP contribution is -2.21. The highest BCUT2D eigenvalue weighted by atomic mass is 35.5. The largest absolute Gasteiger partial charge is 0.385 e. The molecule has 92 valence electrons. The van der Waals surface area contributed by atoms with Crippen molar-refractivity contribution in [3.63, 3.8) is 0 Å². The number of methoxy groups -OCH3 is 1. The molecule has 0 aliphatic heterocycles. The molecule has 0 radical (unpaired) electrons. The number of thiophene rings is 1. The van der Waals surface area contributed by atoms with Gasteiger partial charge >= 0.3 is 0 Å². The van der Waals surface area contributed by atoms with Gasteiger partial charge in [0.15, 0.2) is 0 Å². The minimum Gasteiger partial charge on any atom is -0.385 e. The van der Waals surface area contributed by atoms with Crippen LogP contribution in [0.3, 0.4) is 0 Å². The van der Waals surface area contributed by atoms with E-state index < -0.39 is 0 Å². The van der Waals surface area contributed by atoms with Crippen molar-refractivity contribution in [3.8, 4) is 0 Å². The van der Waals surface area contributed by atoms with Gasteiger partial charge in [0.05, 0.1) is 8.67 Å². The Morgan fingerprint density at radius 1 is 1.50 bits per heavy atom. The van der Waals surface area contributed by atoms with E-state index in [1.807, 2.05) is 6.07 Å². The topological polar surface area (TPSA) is 21.3 Å². The molecule has 1 rings (SSSR count). The van der Waals surface area contributed by atoms with Crippen LogP contribution in [-0.2, 0) is 4.74 Å². The fourth-order valence-electron chi connectivity index (χ4n) is 1.64. The predicted octanol–water partition coefficient (Wildman–Crippen LogP) is 4.13. The van der Waals surface area contributed by atoms with Gasteiger partial charge in [-0.15, -0.1) is 11.3 Å². The maximum Gasteiger partial charge on any atom is 0.0991 e. The normalized spacial score (nSPS) is 13.0. The Morgan fingerprint density at radius 2 is 2.25 bits per heavy atom. The quantitative estimate of drug-likeness (QED) is 0.759. The van der Waals surface area contributed by atoms with Crippen LogP contribution < -0.4 is 5.32 Å². The van der Waals surface area contributed by atoms with Gasteiger partial charge in [0.2, 0.25) is 0 Å². The molecule has 0 spiro atoms. The van der Waals surface area contributed by atoms with Crippen molar-refractivity contribution in [1.82, 2.24) is 5.32 Å². The number of halogens is 2. The number of nitrogens with one attached hydrogen (secondary N) is 1. The molecule has 0 saturated heterocycles. The Balaban J connectivity index is 2.64. The fourth-order valence-corrected chi connectivity index (χ4v) is 3.22. The van der Waals surface area contributed by atoms with Crippen molar-refractivity contribution in [2.75, 3.05) is 20.3 Å². The molecule has 0 amide bonds. The van der Waals surface area contributed by atoms with Crippen LogP contribution in [-0.4, -0.2) is 20.3 Å². The molecular weight excluding hydrogens is 265 g/mol. The Kier molecular flexibility index (Phi) is 6.70. The Morgan fingerprint density at radius 3 is 2.75 bits per heavy atom. The third-order valence-corrected chi connectivity index (χ3v) is 3.87. The van der Waals surface area contributed by atoms with Gasteiger partial charge in [0.25, 0.3) is 0 Å². The monoisotopic (exact) mass is 281 g/mol. The van der Waals surface area contributed by atoms with E-state index in [2.05, 4.69) is 12.2 Å². The second kappa shape index (κ2) is 7.51. The second-order valence-electron chi connectivity index (χ2n) is 3.52. The highest BCUT2D eigenvalue weighted by molar-refractivity contribution is 7.20. The number of hydrogen-bond acceptors (Lipinski definition) is 3. The van der Waals surface area contributed by atoms with Gasteiger partial charge < -0.3 is 10.1 Å². The van der Waals surface area contributed by atoms with Gasteiger partial charge in [-0.3, -0.25) is 0 Å². The summed E-state index contributed by atoms with van der Waals surface area (Å²) in [5.74, 6) is 0. The van der Waals surface area contributed by atoms with Crippen molar-refractivity contribution in [2.45, 2.75) is 25.8 Å². The van der Waals surface area contributed by atoms with E-state index in [0.29, 0.717) is 0 Å². The van der Waals surface area contributed by atoms with Crippen LogP contribution in [0.1, 0.15) is 31.4 Å². The first-order valence-electron chi connectivity index (χ1n) is 5.36. The predicted molar refractivity (Wildman–Crippen MR) is 71.9 cm³/mol. The molecule has 0 fully saturated rings. The van der Waals surface area contributed by atoms with Gasteiger partial charge in [0, 0.05) is 25.3 Å². The zero-order valence-corrected chi connectivity index (χ0v) is 11.9. The van der Waals surface area contributed by atoms with Crippen molar-refractivity contribution in [1.29, 1.82) is 0 Å². The summed E-state index contributed by atoms with van der Waals surface area (Å²) < 4.78 is 6.59. The summed E-state index contributed by atoms with van der Waals surface area (Å²) in [4.78, 5) is 0. The lowest BCUT2D eigenvalue weighted by Gasteiger charge is -2.17. The zero-order chi connectivity index (χ0) is 12.0. The molecule has 1 aromatic heterocycles. The second-order valence-corrected chi connectivity index (χ2v) is 5.81. The average molecular weight is 282 g/mol. The summed E-state index contributed by atoms with van der Waals surface area (Å²) in [6.45, 7) is 3.78. The van der Waals surface area contributed by atoms with Crippen LogP contribution in [0.2, 0.25) is 8.67 Å². The molecule has 1 aromatic rings. The van der Waals surface area contributed by atoms with Crippen LogP contribution in [0.15, 0.2) is 6.07 Å². The van der Waals surface area contributed by atoms with Crippen LogP contribution in [0.25, 0.3) is 0 Å². The summed E-state index contributed by atoms with van der Waals surface area (Å²) in [5, 5.41) is 3.42. The Hall–Kier alpha value is 0.200. The molecule has 1 unspecified atom stereocenters. The lowest BCUT2D eigenvalue weighted by atomic mass is 10.1. The first-order valence-corrected chi connectivity index (χ1v) is 6.93. The van der Waals surface area contributed by atoms with Gasteiger partial charge in [-0.2, -0.15) is 0 Å². The molecule has 16 heavy (non-hydrogen) atoms. The van der Waals surface area contributed by atoms with Crippen molar-refractivity contribution in [3.05, 3.63) is 20.3 Å². The smallest absolute Gasteiger partial charge is 0.0991 e. The van der Waals surface area contributed by atoms with Crippen LogP contribution in [0, 0.1) is 0 Å². The minimum atomic E-state index is 0.274. The van der Waals surface area contributed by atoms with Crippen molar-refractivity contribution in [2.24, 2.45) is 0 Å². The molecule has 0 saturated carbocycles. The third kappa shape index (κ3) is 4.22. The van der Waals surface area contributed by atoms with E-state index in [1.54, 1.807) is 7.11 Å². The van der Waals surface area contributed by atoms with E-state index in [0.717, 1.165) is 40.2 Å². The van der Waals surface area contributed by atoms with Gasteiger partial charge in [-0.1, -0.05) is 30.1 Å². The van der Waals surface area contributed by atoms with Crippen molar-refractivity contribution < 1.29 is 4.74 Å². The first kappa shape index (κ1) is 14.3. The first-order chi connectivity index (χ1) is 7.69. The Labute approximate surface area is 111 Å². The fraction of sp³-hybridized carbons (Fsp3) is 0.636. The SMILES string of the molecule is CCNC(CCCOC)c1cc(Cl)sc1Cl. The van der Waals surface area contributed by atoms with Crippen LogP contribution in [0.5, 0.6) is 0 Å². The highest BCUT2D eigenvalue weighted by Gasteiger charge is 2.16. The van der Waals surface area contributed by atoms with E-state index in [9.17, 15) is 0 Å². The molecule has 1 atom stereocenters. The van der Waals surface area contributed by atoms with Gasteiger partial charge in [0.1, 0.15) is 0 Å². The molecule has 0 aliphatic carbocycles. The van der Waals surface area contributed by atoms with E-state index in [4.69, 9.17) is 27.9 Å². The van der Waals surface area contributed by atoms with E-state index in [1.165, 1.54) is 11.3 Å². The third-order valence-electron chi connectivity index (χ3n) is 2.35. The highest BCUT2D eigenvalue weighted by Crippen LogP contribution is 2.36. The van der Waals surface area contributed by atoms with Crippen molar-refractivity contribution >= 4 is 34.5 Å². The summed E-state index contributed by atoms with van der Waals surface area (Å²) in [6, 6.07) is 2.23. The number of rotatable bonds is 7. The summed E-state index contributed by atoms with van der Waals surface area (Å²) in [5.41, 5.74) is 1.11. The molecule has 1 N–H and O–H groups in total. The summed E-state index contributed by atoms with van der Waals surface area (Å²) in [7, 11) is 1.72. The molecular formula is C11H17Cl2NOS. The molecule has 0 bridgehead atoms. The molecule has 2 nitrogen and oxygen atoms in total. The molecule has 1 heterocycles. The van der Waals surface area contributed by atoms with E-state index >= 15 is 0 Å². The zero-order valence-electron chi connectivity index (χ0n) is 9.56. The maximum atomic E-state index is 6.15. The van der Waals surface area contributed by atoms with Crippen LogP contribution in [0.4, 0.5) is 0 Å². The van der Waals surface area contributed by atoms with Gasteiger partial charge in [-0.25, -0.2) is 0 Å². The maximum absolute atomic E-state index is 6.15. The molecule has 0 aliphatic rings. The van der Waals surface area contributed by atoms with Gasteiger partial charge in [-0.05, 0) is 25.5 Å². The van der Waals surface area contributed by atoms with Crippen LogP contribution >= 0.6 is 34.5 Å². The molecule has 0 aromatic carbocycles. The average Bonchev–Trinajstić information content (AvgIpc) is 2.57. The summed E-state index contributed by atoms with van der Waals surface area (Å²) >= 11 is 13.5. The minimum absolute atomic E-state index is 0.274. The summed E-state index contributed by atoms with van der Waals surface area (Å²) in [6.07, 6.45) is 2.02. The molecule has 5 heteroatoms. The number of hydrogen-bond donors (Lipinski definition) is 1. The standard InChI is InChI=1S/C11H17Cl2NOS/c1-3-14-9(5-4-6-15-2)8-7-10(12)16-11(8)13/h7,9,14H,3-6H2,1-2H3. The lowest BCUT2D eigenvalue weighted by molar-refractivity contribution is 0.189. The van der Waals surface area contributed by atoms with E-state index in [-0.39, 0.29) is 6.04 Å². The number of ether oxygens (including phenoxy) is 1.